The molecule has 0 fully saturated rings. The van der Waals surface area contributed by atoms with E-state index in [0.29, 0.717) is 37.7 Å². The molecule has 0 saturated carbocycles. The van der Waals surface area contributed by atoms with Gasteiger partial charge in [-0.25, -0.2) is 0 Å². The SMILES string of the molecule is CCCCCCCCC(CCCCCC)CNC(=O)CCCCCCCCCCCC(CCCCCCCCCCCC(=O)OCC(CCCCCC)CCCCCCCC)OC(=O)CCCN(C)C. The smallest absolute Gasteiger partial charge is 0.306 e. The second-order valence-electron chi connectivity index (χ2n) is 22.5. The van der Waals surface area contributed by atoms with Crippen molar-refractivity contribution in [1.82, 2.24) is 10.2 Å². The first kappa shape index (κ1) is 68.4. The molecular formula is C63H124N2O5. The van der Waals surface area contributed by atoms with E-state index in [2.05, 4.69) is 52.0 Å². The summed E-state index contributed by atoms with van der Waals surface area (Å²) in [6, 6.07) is 0. The van der Waals surface area contributed by atoms with E-state index in [9.17, 15) is 14.4 Å². The number of carbonyl (C=O) groups is 3. The molecule has 0 radical (unpaired) electrons. The third kappa shape index (κ3) is 51.3. The number of esters is 2. The summed E-state index contributed by atoms with van der Waals surface area (Å²) in [5.41, 5.74) is 0. The van der Waals surface area contributed by atoms with Gasteiger partial charge in [-0.15, -0.1) is 0 Å². The minimum Gasteiger partial charge on any atom is -0.465 e. The first-order valence-electron chi connectivity index (χ1n) is 31.5. The maximum atomic E-state index is 12.7. The van der Waals surface area contributed by atoms with Gasteiger partial charge in [0.2, 0.25) is 5.91 Å². The van der Waals surface area contributed by atoms with E-state index < -0.39 is 0 Å². The maximum absolute atomic E-state index is 12.7. The molecule has 0 aromatic rings. The largest absolute Gasteiger partial charge is 0.465 e. The molecule has 0 rings (SSSR count). The summed E-state index contributed by atoms with van der Waals surface area (Å²) in [7, 11) is 4.11. The van der Waals surface area contributed by atoms with Crippen molar-refractivity contribution in [1.29, 1.82) is 0 Å². The summed E-state index contributed by atoms with van der Waals surface area (Å²) in [6.07, 6.45) is 57.6. The molecule has 0 aromatic carbocycles. The molecule has 0 aliphatic rings. The summed E-state index contributed by atoms with van der Waals surface area (Å²) in [5, 5.41) is 3.31. The van der Waals surface area contributed by atoms with Crippen molar-refractivity contribution in [2.45, 2.75) is 342 Å². The molecule has 3 atom stereocenters. The lowest BCUT2D eigenvalue weighted by Crippen LogP contribution is -2.29. The lowest BCUT2D eigenvalue weighted by Gasteiger charge is -2.18. The lowest BCUT2D eigenvalue weighted by molar-refractivity contribution is -0.150. The maximum Gasteiger partial charge on any atom is 0.306 e. The van der Waals surface area contributed by atoms with E-state index in [-0.39, 0.29) is 23.9 Å². The number of nitrogens with zero attached hydrogens (tertiary/aromatic N) is 1. The molecule has 416 valence electrons. The topological polar surface area (TPSA) is 84.9 Å². The Morgan fingerprint density at radius 2 is 0.700 bits per heavy atom. The molecule has 7 nitrogen and oxygen atoms in total. The molecule has 0 heterocycles. The van der Waals surface area contributed by atoms with Gasteiger partial charge in [-0.05, 0) is 103 Å². The van der Waals surface area contributed by atoms with Crippen molar-refractivity contribution in [3.63, 3.8) is 0 Å². The number of rotatable bonds is 57. The zero-order valence-electron chi connectivity index (χ0n) is 48.3. The summed E-state index contributed by atoms with van der Waals surface area (Å²) < 4.78 is 11.9. The molecule has 70 heavy (non-hydrogen) atoms. The Hall–Kier alpha value is -1.63. The number of unbranched alkanes of at least 4 members (excludes halogenated alkanes) is 32. The number of nitrogens with one attached hydrogen (secondary N) is 1. The highest BCUT2D eigenvalue weighted by Crippen LogP contribution is 2.23. The second-order valence-corrected chi connectivity index (χ2v) is 22.5. The first-order chi connectivity index (χ1) is 34.2. The molecule has 0 saturated heterocycles. The van der Waals surface area contributed by atoms with E-state index in [1.807, 2.05) is 0 Å². The molecule has 7 heteroatoms. The third-order valence-electron chi connectivity index (χ3n) is 15.1. The second kappa shape index (κ2) is 55.1. The Morgan fingerprint density at radius 3 is 1.11 bits per heavy atom. The highest BCUT2D eigenvalue weighted by atomic mass is 16.5. The summed E-state index contributed by atoms with van der Waals surface area (Å²) in [6.45, 7) is 11.5. The molecule has 0 bridgehead atoms. The number of hydrogen-bond donors (Lipinski definition) is 1. The quantitative estimate of drug-likeness (QED) is 0.0483. The fourth-order valence-corrected chi connectivity index (χ4v) is 10.3. The zero-order chi connectivity index (χ0) is 51.2. The Bertz CT molecular complexity index is 1030. The van der Waals surface area contributed by atoms with Crippen molar-refractivity contribution < 1.29 is 23.9 Å². The van der Waals surface area contributed by atoms with Crippen LogP contribution in [-0.2, 0) is 23.9 Å². The molecule has 3 unspecified atom stereocenters. The fraction of sp³-hybridized carbons (Fsp3) is 0.952. The van der Waals surface area contributed by atoms with Crippen LogP contribution in [0.5, 0.6) is 0 Å². The Morgan fingerprint density at radius 1 is 0.371 bits per heavy atom. The van der Waals surface area contributed by atoms with Crippen molar-refractivity contribution in [3.8, 4) is 0 Å². The normalized spacial score (nSPS) is 12.9. The summed E-state index contributed by atoms with van der Waals surface area (Å²) in [4.78, 5) is 40.1. The first-order valence-corrected chi connectivity index (χ1v) is 31.5. The van der Waals surface area contributed by atoms with Gasteiger partial charge in [0.15, 0.2) is 0 Å². The van der Waals surface area contributed by atoms with E-state index >= 15 is 0 Å². The van der Waals surface area contributed by atoms with Crippen LogP contribution in [0.1, 0.15) is 336 Å². The van der Waals surface area contributed by atoms with Crippen LogP contribution in [0.15, 0.2) is 0 Å². The summed E-state index contributed by atoms with van der Waals surface area (Å²) in [5.74, 6) is 1.45. The Labute approximate surface area is 437 Å². The van der Waals surface area contributed by atoms with Crippen molar-refractivity contribution >= 4 is 17.8 Å². The average molecular weight is 990 g/mol. The van der Waals surface area contributed by atoms with E-state index in [1.165, 1.54) is 231 Å². The van der Waals surface area contributed by atoms with E-state index in [4.69, 9.17) is 9.47 Å². The van der Waals surface area contributed by atoms with Gasteiger partial charge >= 0.3 is 11.9 Å². The van der Waals surface area contributed by atoms with E-state index in [1.54, 1.807) is 0 Å². The van der Waals surface area contributed by atoms with E-state index in [0.717, 1.165) is 70.9 Å². The van der Waals surface area contributed by atoms with Crippen molar-refractivity contribution in [3.05, 3.63) is 0 Å². The minimum atomic E-state index is -0.0198. The van der Waals surface area contributed by atoms with Gasteiger partial charge in [0.25, 0.3) is 0 Å². The van der Waals surface area contributed by atoms with Crippen LogP contribution in [0, 0.1) is 11.8 Å². The van der Waals surface area contributed by atoms with Crippen LogP contribution in [0.4, 0.5) is 0 Å². The average Bonchev–Trinajstić information content (AvgIpc) is 3.34. The minimum absolute atomic E-state index is 0.0141. The highest BCUT2D eigenvalue weighted by molar-refractivity contribution is 5.75. The van der Waals surface area contributed by atoms with Crippen LogP contribution >= 0.6 is 0 Å². The van der Waals surface area contributed by atoms with Crippen LogP contribution < -0.4 is 5.32 Å². The van der Waals surface area contributed by atoms with Crippen molar-refractivity contribution in [2.75, 3.05) is 33.8 Å². The van der Waals surface area contributed by atoms with Crippen molar-refractivity contribution in [2.24, 2.45) is 11.8 Å². The Kier molecular flexibility index (Phi) is 53.8. The van der Waals surface area contributed by atoms with Crippen LogP contribution in [0.2, 0.25) is 0 Å². The predicted molar refractivity (Wildman–Crippen MR) is 304 cm³/mol. The summed E-state index contributed by atoms with van der Waals surface area (Å²) >= 11 is 0. The molecule has 0 spiro atoms. The standard InChI is InChI=1S/C63H124N2O5/c1-7-11-15-19-31-39-47-58(46-37-17-13-9-3)56-64-61(66)52-43-35-29-25-21-23-27-33-41-50-60(70-63(68)54-45-55-65(5)6)51-42-34-28-24-22-26-30-36-44-53-62(67)69-57-59(48-38-18-14-10-4)49-40-32-20-16-12-8-2/h58-60H,7-57H2,1-6H3,(H,64,66). The third-order valence-corrected chi connectivity index (χ3v) is 15.1. The van der Waals surface area contributed by atoms with Gasteiger partial charge in [-0.2, -0.15) is 0 Å². The molecule has 0 aliphatic carbocycles. The molecule has 0 aliphatic heterocycles. The fourth-order valence-electron chi connectivity index (χ4n) is 10.3. The zero-order valence-corrected chi connectivity index (χ0v) is 48.3. The molecular weight excluding hydrogens is 865 g/mol. The molecule has 1 amide bonds. The molecule has 1 N–H and O–H groups in total. The van der Waals surface area contributed by atoms with Gasteiger partial charge in [0.05, 0.1) is 6.61 Å². The predicted octanol–water partition coefficient (Wildman–Crippen LogP) is 19.2. The number of carbonyl (C=O) groups excluding carboxylic acids is 3. The monoisotopic (exact) mass is 989 g/mol. The lowest BCUT2D eigenvalue weighted by atomic mass is 9.94. The number of amides is 1. The van der Waals surface area contributed by atoms with Gasteiger partial charge < -0.3 is 19.7 Å². The van der Waals surface area contributed by atoms with Crippen LogP contribution in [0.25, 0.3) is 0 Å². The van der Waals surface area contributed by atoms with Gasteiger partial charge in [0.1, 0.15) is 6.10 Å². The number of ether oxygens (including phenoxy) is 2. The van der Waals surface area contributed by atoms with Crippen LogP contribution in [0.3, 0.4) is 0 Å². The molecule has 0 aromatic heterocycles. The Balaban J connectivity index is 4.24. The number of hydrogen-bond acceptors (Lipinski definition) is 6. The van der Waals surface area contributed by atoms with Crippen LogP contribution in [-0.4, -0.2) is 62.6 Å². The van der Waals surface area contributed by atoms with Gasteiger partial charge in [-0.1, -0.05) is 246 Å². The van der Waals surface area contributed by atoms with Gasteiger partial charge in [0, 0.05) is 25.8 Å². The highest BCUT2D eigenvalue weighted by Gasteiger charge is 2.16. The van der Waals surface area contributed by atoms with Gasteiger partial charge in [-0.3, -0.25) is 14.4 Å².